The molecule has 1 N–H and O–H groups in total. The van der Waals surface area contributed by atoms with Crippen LogP contribution in [0.5, 0.6) is 0 Å². The van der Waals surface area contributed by atoms with Crippen molar-refractivity contribution in [2.75, 3.05) is 19.6 Å². The van der Waals surface area contributed by atoms with Gasteiger partial charge >= 0.3 is 0 Å². The summed E-state index contributed by atoms with van der Waals surface area (Å²) in [5.74, 6) is 1.08. The third kappa shape index (κ3) is 3.79. The molecule has 0 aliphatic carbocycles. The topological polar surface area (TPSA) is 46.0 Å². The van der Waals surface area contributed by atoms with Crippen molar-refractivity contribution in [3.8, 4) is 0 Å². The van der Waals surface area contributed by atoms with Gasteiger partial charge < -0.3 is 5.32 Å². The fourth-order valence-corrected chi connectivity index (χ4v) is 2.74. The molecule has 1 saturated heterocycles. The minimum Gasteiger partial charge on any atom is -0.312 e. The van der Waals surface area contributed by atoms with Gasteiger partial charge in [-0.1, -0.05) is 20.8 Å². The molecule has 1 fully saturated rings. The SMILES string of the molecule is CC(C)n1ncnc1CN1CCCNC(C(C)(C)C)C1. The van der Waals surface area contributed by atoms with Gasteiger partial charge in [0, 0.05) is 18.6 Å². The highest BCUT2D eigenvalue weighted by molar-refractivity contribution is 4.91. The van der Waals surface area contributed by atoms with Gasteiger partial charge in [-0.2, -0.15) is 5.10 Å². The number of nitrogens with zero attached hydrogens (tertiary/aromatic N) is 4. The third-order valence-electron chi connectivity index (χ3n) is 4.03. The van der Waals surface area contributed by atoms with Gasteiger partial charge in [0.15, 0.2) is 0 Å². The standard InChI is InChI=1S/C15H29N5/c1-12(2)20-14(17-11-18-20)10-19-8-6-7-16-13(9-19)15(3,4)5/h11-13,16H,6-10H2,1-5H3. The Labute approximate surface area is 122 Å². The Morgan fingerprint density at radius 3 is 2.80 bits per heavy atom. The zero-order valence-electron chi connectivity index (χ0n) is 13.6. The summed E-state index contributed by atoms with van der Waals surface area (Å²) in [6.07, 6.45) is 2.87. The van der Waals surface area contributed by atoms with E-state index in [1.54, 1.807) is 6.33 Å². The lowest BCUT2D eigenvalue weighted by atomic mass is 9.86. The molecular formula is C15H29N5. The number of hydrogen-bond donors (Lipinski definition) is 1. The van der Waals surface area contributed by atoms with Crippen LogP contribution in [0.4, 0.5) is 0 Å². The number of aromatic nitrogens is 3. The first-order valence-electron chi connectivity index (χ1n) is 7.72. The van der Waals surface area contributed by atoms with E-state index in [2.05, 4.69) is 54.9 Å². The molecule has 5 heteroatoms. The maximum atomic E-state index is 4.44. The summed E-state index contributed by atoms with van der Waals surface area (Å²) in [4.78, 5) is 6.95. The highest BCUT2D eigenvalue weighted by Crippen LogP contribution is 2.22. The third-order valence-corrected chi connectivity index (χ3v) is 4.03. The summed E-state index contributed by atoms with van der Waals surface area (Å²) in [5.41, 5.74) is 0.286. The first-order valence-corrected chi connectivity index (χ1v) is 7.72. The summed E-state index contributed by atoms with van der Waals surface area (Å²) in [5, 5.41) is 8.02. The van der Waals surface area contributed by atoms with Crippen LogP contribution >= 0.6 is 0 Å². The molecule has 20 heavy (non-hydrogen) atoms. The van der Waals surface area contributed by atoms with Gasteiger partial charge in [0.2, 0.25) is 0 Å². The van der Waals surface area contributed by atoms with Gasteiger partial charge in [-0.25, -0.2) is 9.67 Å². The van der Waals surface area contributed by atoms with Crippen molar-refractivity contribution in [1.29, 1.82) is 0 Å². The fourth-order valence-electron chi connectivity index (χ4n) is 2.74. The molecule has 0 spiro atoms. The molecule has 1 unspecified atom stereocenters. The summed E-state index contributed by atoms with van der Waals surface area (Å²) in [6, 6.07) is 0.899. The summed E-state index contributed by atoms with van der Waals surface area (Å²) >= 11 is 0. The number of rotatable bonds is 3. The van der Waals surface area contributed by atoms with Crippen molar-refractivity contribution < 1.29 is 0 Å². The zero-order chi connectivity index (χ0) is 14.8. The van der Waals surface area contributed by atoms with E-state index in [-0.39, 0.29) is 5.41 Å². The largest absolute Gasteiger partial charge is 0.312 e. The van der Waals surface area contributed by atoms with Gasteiger partial charge in [0.1, 0.15) is 12.2 Å². The summed E-state index contributed by atoms with van der Waals surface area (Å²) in [6.45, 7) is 15.4. The van der Waals surface area contributed by atoms with E-state index < -0.39 is 0 Å². The van der Waals surface area contributed by atoms with Crippen LogP contribution in [0.3, 0.4) is 0 Å². The smallest absolute Gasteiger partial charge is 0.141 e. The maximum Gasteiger partial charge on any atom is 0.141 e. The molecule has 0 amide bonds. The molecule has 1 aromatic heterocycles. The fraction of sp³-hybridized carbons (Fsp3) is 0.867. The van der Waals surface area contributed by atoms with E-state index in [0.717, 1.165) is 32.0 Å². The van der Waals surface area contributed by atoms with Crippen LogP contribution in [-0.2, 0) is 6.54 Å². The Morgan fingerprint density at radius 2 is 2.15 bits per heavy atom. The lowest BCUT2D eigenvalue weighted by molar-refractivity contribution is 0.186. The molecular weight excluding hydrogens is 250 g/mol. The minimum absolute atomic E-state index is 0.286. The zero-order valence-corrected chi connectivity index (χ0v) is 13.6. The van der Waals surface area contributed by atoms with Crippen LogP contribution in [0.2, 0.25) is 0 Å². The van der Waals surface area contributed by atoms with Crippen LogP contribution in [0.15, 0.2) is 6.33 Å². The molecule has 114 valence electrons. The molecule has 1 aromatic rings. The highest BCUT2D eigenvalue weighted by Gasteiger charge is 2.28. The molecule has 1 atom stereocenters. The van der Waals surface area contributed by atoms with Crippen molar-refractivity contribution in [3.63, 3.8) is 0 Å². The Balaban J connectivity index is 2.06. The van der Waals surface area contributed by atoms with Gasteiger partial charge in [-0.3, -0.25) is 4.90 Å². The number of hydrogen-bond acceptors (Lipinski definition) is 4. The van der Waals surface area contributed by atoms with E-state index in [1.165, 1.54) is 6.42 Å². The summed E-state index contributed by atoms with van der Waals surface area (Å²) < 4.78 is 2.03. The van der Waals surface area contributed by atoms with Crippen LogP contribution in [0, 0.1) is 5.41 Å². The molecule has 0 saturated carbocycles. The Kier molecular flexibility index (Phi) is 4.81. The maximum absolute atomic E-state index is 4.44. The highest BCUT2D eigenvalue weighted by atomic mass is 15.4. The van der Waals surface area contributed by atoms with Crippen molar-refractivity contribution in [1.82, 2.24) is 25.0 Å². The van der Waals surface area contributed by atoms with Gasteiger partial charge in [-0.05, 0) is 38.8 Å². The first kappa shape index (κ1) is 15.4. The second-order valence-electron chi connectivity index (χ2n) is 7.18. The molecule has 5 nitrogen and oxygen atoms in total. The quantitative estimate of drug-likeness (QED) is 0.920. The predicted molar refractivity (Wildman–Crippen MR) is 81.5 cm³/mol. The normalized spacial score (nSPS) is 22.2. The average molecular weight is 279 g/mol. The van der Waals surface area contributed by atoms with E-state index in [9.17, 15) is 0 Å². The first-order chi connectivity index (χ1) is 9.38. The lowest BCUT2D eigenvalue weighted by Crippen LogP contribution is -2.46. The molecule has 1 aliphatic rings. The van der Waals surface area contributed by atoms with Crippen LogP contribution < -0.4 is 5.32 Å². The van der Waals surface area contributed by atoms with Gasteiger partial charge in [0.05, 0.1) is 6.54 Å². The predicted octanol–water partition coefficient (Wildman–Crippen LogP) is 2.07. The van der Waals surface area contributed by atoms with Gasteiger partial charge in [-0.15, -0.1) is 0 Å². The molecule has 0 bridgehead atoms. The van der Waals surface area contributed by atoms with Crippen molar-refractivity contribution in [2.45, 2.75) is 59.7 Å². The Morgan fingerprint density at radius 1 is 1.40 bits per heavy atom. The second-order valence-corrected chi connectivity index (χ2v) is 7.18. The van der Waals surface area contributed by atoms with Gasteiger partial charge in [0.25, 0.3) is 0 Å². The van der Waals surface area contributed by atoms with Crippen molar-refractivity contribution in [3.05, 3.63) is 12.2 Å². The second kappa shape index (κ2) is 6.22. The van der Waals surface area contributed by atoms with Crippen molar-refractivity contribution >= 4 is 0 Å². The molecule has 2 heterocycles. The number of nitrogens with one attached hydrogen (secondary N) is 1. The molecule has 0 radical (unpaired) electrons. The Bertz CT molecular complexity index is 418. The molecule has 2 rings (SSSR count). The van der Waals surface area contributed by atoms with E-state index >= 15 is 0 Å². The van der Waals surface area contributed by atoms with E-state index in [0.29, 0.717) is 12.1 Å². The molecule has 0 aromatic carbocycles. The van der Waals surface area contributed by atoms with E-state index in [4.69, 9.17) is 0 Å². The summed E-state index contributed by atoms with van der Waals surface area (Å²) in [7, 11) is 0. The van der Waals surface area contributed by atoms with Crippen LogP contribution in [-0.4, -0.2) is 45.3 Å². The van der Waals surface area contributed by atoms with Crippen LogP contribution in [0.1, 0.15) is 52.9 Å². The van der Waals surface area contributed by atoms with Crippen LogP contribution in [0.25, 0.3) is 0 Å². The Hall–Kier alpha value is -0.940. The molecule has 1 aliphatic heterocycles. The van der Waals surface area contributed by atoms with Crippen molar-refractivity contribution in [2.24, 2.45) is 5.41 Å². The minimum atomic E-state index is 0.286. The average Bonchev–Trinajstić information content (AvgIpc) is 2.65. The lowest BCUT2D eigenvalue weighted by Gasteiger charge is -2.33. The van der Waals surface area contributed by atoms with E-state index in [1.807, 2.05) is 4.68 Å². The monoisotopic (exact) mass is 279 g/mol.